The Morgan fingerprint density at radius 1 is 0.286 bits per heavy atom. The standard InChI is InChI=1S/C52H34N4/c53-35-36-13-10-20-44(33-36)45-21-11-22-46(34-45)51-54-50(43-31-29-40(30-32-43)39-27-25-38(26-28-39)37-14-4-1-5-15-37)55-52(56-51)48-24-12-23-47(41-16-6-2-7-17-41)49(48)42-18-8-3-9-19-42/h1-34H. The van der Waals surface area contributed by atoms with Gasteiger partial charge in [-0.3, -0.25) is 0 Å². The summed E-state index contributed by atoms with van der Waals surface area (Å²) < 4.78 is 0. The SMILES string of the molecule is N#Cc1cccc(-c2cccc(-c3nc(-c4ccc(-c5ccc(-c6ccccc6)cc5)cc4)nc(-c4cccc(-c5ccccc5)c4-c4ccccc4)n3)c2)c1. The highest BCUT2D eigenvalue weighted by atomic mass is 15.0. The molecule has 262 valence electrons. The fraction of sp³-hybridized carbons (Fsp3) is 0. The molecular weight excluding hydrogens is 681 g/mol. The van der Waals surface area contributed by atoms with E-state index in [0.29, 0.717) is 23.0 Å². The van der Waals surface area contributed by atoms with E-state index in [1.807, 2.05) is 60.7 Å². The van der Waals surface area contributed by atoms with Crippen LogP contribution >= 0.6 is 0 Å². The van der Waals surface area contributed by atoms with Gasteiger partial charge in [-0.15, -0.1) is 0 Å². The molecule has 4 nitrogen and oxygen atoms in total. The molecule has 0 saturated heterocycles. The summed E-state index contributed by atoms with van der Waals surface area (Å²) in [4.78, 5) is 15.5. The molecule has 9 aromatic rings. The molecule has 0 spiro atoms. The Labute approximate surface area is 326 Å². The van der Waals surface area contributed by atoms with Gasteiger partial charge in [0.2, 0.25) is 0 Å². The highest BCUT2D eigenvalue weighted by molar-refractivity contribution is 5.93. The topological polar surface area (TPSA) is 62.5 Å². The molecule has 0 N–H and O–H groups in total. The van der Waals surface area contributed by atoms with Crippen LogP contribution in [0, 0.1) is 11.3 Å². The van der Waals surface area contributed by atoms with Gasteiger partial charge in [0.25, 0.3) is 0 Å². The van der Waals surface area contributed by atoms with Crippen LogP contribution < -0.4 is 0 Å². The summed E-state index contributed by atoms with van der Waals surface area (Å²) in [6.45, 7) is 0. The molecule has 0 amide bonds. The van der Waals surface area contributed by atoms with E-state index in [2.05, 4.69) is 152 Å². The lowest BCUT2D eigenvalue weighted by atomic mass is 9.90. The quantitative estimate of drug-likeness (QED) is 0.157. The van der Waals surface area contributed by atoms with Crippen molar-refractivity contribution in [1.29, 1.82) is 5.26 Å². The minimum absolute atomic E-state index is 0.563. The predicted molar refractivity (Wildman–Crippen MR) is 228 cm³/mol. The zero-order valence-electron chi connectivity index (χ0n) is 30.4. The predicted octanol–water partition coefficient (Wildman–Crippen LogP) is 13.1. The Bertz CT molecular complexity index is 2830. The summed E-state index contributed by atoms with van der Waals surface area (Å²) in [7, 11) is 0. The number of hydrogen-bond acceptors (Lipinski definition) is 4. The molecule has 0 fully saturated rings. The molecule has 0 bridgehead atoms. The van der Waals surface area contributed by atoms with E-state index in [4.69, 9.17) is 15.0 Å². The summed E-state index contributed by atoms with van der Waals surface area (Å²) in [5, 5.41) is 9.57. The lowest BCUT2D eigenvalue weighted by Gasteiger charge is -2.16. The van der Waals surface area contributed by atoms with Gasteiger partial charge in [0.15, 0.2) is 17.5 Å². The van der Waals surface area contributed by atoms with Crippen molar-refractivity contribution in [3.63, 3.8) is 0 Å². The zero-order valence-corrected chi connectivity index (χ0v) is 30.4. The largest absolute Gasteiger partial charge is 0.208 e. The van der Waals surface area contributed by atoms with Gasteiger partial charge in [0.1, 0.15) is 0 Å². The van der Waals surface area contributed by atoms with Crippen molar-refractivity contribution in [2.75, 3.05) is 0 Å². The van der Waals surface area contributed by atoms with Crippen LogP contribution in [0.15, 0.2) is 206 Å². The molecule has 4 heteroatoms. The average Bonchev–Trinajstić information content (AvgIpc) is 3.29. The van der Waals surface area contributed by atoms with Gasteiger partial charge >= 0.3 is 0 Å². The van der Waals surface area contributed by atoms with Gasteiger partial charge < -0.3 is 0 Å². The maximum atomic E-state index is 9.57. The summed E-state index contributed by atoms with van der Waals surface area (Å²) in [5.41, 5.74) is 14.2. The molecule has 9 rings (SSSR count). The van der Waals surface area contributed by atoms with Crippen molar-refractivity contribution in [3.8, 4) is 95.9 Å². The first-order valence-corrected chi connectivity index (χ1v) is 18.6. The molecule has 56 heavy (non-hydrogen) atoms. The smallest absolute Gasteiger partial charge is 0.164 e. The molecule has 0 saturated carbocycles. The third-order valence-electron chi connectivity index (χ3n) is 10.0. The van der Waals surface area contributed by atoms with Crippen LogP contribution in [0.25, 0.3) is 89.8 Å². The second-order valence-electron chi connectivity index (χ2n) is 13.6. The maximum absolute atomic E-state index is 9.57. The van der Waals surface area contributed by atoms with Crippen LogP contribution in [0.2, 0.25) is 0 Å². The maximum Gasteiger partial charge on any atom is 0.164 e. The molecule has 0 unspecified atom stereocenters. The number of rotatable bonds is 8. The summed E-state index contributed by atoms with van der Waals surface area (Å²) in [6.07, 6.45) is 0. The van der Waals surface area contributed by atoms with Crippen LogP contribution in [0.3, 0.4) is 0 Å². The molecule has 1 aromatic heterocycles. The minimum atomic E-state index is 0.563. The molecule has 0 atom stereocenters. The number of nitrogens with zero attached hydrogens (tertiary/aromatic N) is 4. The third kappa shape index (κ3) is 7.01. The fourth-order valence-corrected chi connectivity index (χ4v) is 7.17. The van der Waals surface area contributed by atoms with Gasteiger partial charge in [-0.2, -0.15) is 5.26 Å². The Morgan fingerprint density at radius 3 is 1.30 bits per heavy atom. The summed E-state index contributed by atoms with van der Waals surface area (Å²) >= 11 is 0. The minimum Gasteiger partial charge on any atom is -0.208 e. The molecule has 0 aliphatic rings. The first-order valence-electron chi connectivity index (χ1n) is 18.6. The Balaban J connectivity index is 1.18. The normalized spacial score (nSPS) is 10.8. The van der Waals surface area contributed by atoms with E-state index < -0.39 is 0 Å². The van der Waals surface area contributed by atoms with Crippen LogP contribution in [0.1, 0.15) is 5.56 Å². The van der Waals surface area contributed by atoms with Crippen molar-refractivity contribution < 1.29 is 0 Å². The van der Waals surface area contributed by atoms with Crippen LogP contribution in [-0.2, 0) is 0 Å². The van der Waals surface area contributed by atoms with E-state index in [-0.39, 0.29) is 0 Å². The van der Waals surface area contributed by atoms with Crippen molar-refractivity contribution in [2.24, 2.45) is 0 Å². The molecular formula is C52H34N4. The Kier molecular flexibility index (Phi) is 9.31. The van der Waals surface area contributed by atoms with Crippen LogP contribution in [-0.4, -0.2) is 15.0 Å². The molecule has 0 aliphatic carbocycles. The average molecular weight is 715 g/mol. The number of aromatic nitrogens is 3. The van der Waals surface area contributed by atoms with E-state index in [9.17, 15) is 5.26 Å². The first kappa shape index (κ1) is 34.1. The van der Waals surface area contributed by atoms with Crippen molar-refractivity contribution in [2.45, 2.75) is 0 Å². The van der Waals surface area contributed by atoms with E-state index in [0.717, 1.165) is 61.2 Å². The van der Waals surface area contributed by atoms with Gasteiger partial charge in [-0.1, -0.05) is 188 Å². The van der Waals surface area contributed by atoms with Gasteiger partial charge in [0.05, 0.1) is 11.6 Å². The zero-order chi connectivity index (χ0) is 37.7. The Hall–Kier alpha value is -7.74. The molecule has 0 aliphatic heterocycles. The number of hydrogen-bond donors (Lipinski definition) is 0. The van der Waals surface area contributed by atoms with Gasteiger partial charge in [-0.25, -0.2) is 15.0 Å². The molecule has 1 heterocycles. The molecule has 0 radical (unpaired) electrons. The Morgan fingerprint density at radius 2 is 0.696 bits per heavy atom. The van der Waals surface area contributed by atoms with Crippen LogP contribution in [0.4, 0.5) is 0 Å². The highest BCUT2D eigenvalue weighted by Gasteiger charge is 2.19. The first-order chi connectivity index (χ1) is 27.7. The lowest BCUT2D eigenvalue weighted by molar-refractivity contribution is 1.07. The van der Waals surface area contributed by atoms with Gasteiger partial charge in [-0.05, 0) is 68.3 Å². The van der Waals surface area contributed by atoms with E-state index >= 15 is 0 Å². The lowest BCUT2D eigenvalue weighted by Crippen LogP contribution is -2.02. The number of nitriles is 1. The second kappa shape index (κ2) is 15.3. The molecule has 8 aromatic carbocycles. The van der Waals surface area contributed by atoms with Gasteiger partial charge in [0, 0.05) is 22.3 Å². The fourth-order valence-electron chi connectivity index (χ4n) is 7.17. The van der Waals surface area contributed by atoms with Crippen molar-refractivity contribution >= 4 is 0 Å². The third-order valence-corrected chi connectivity index (χ3v) is 10.0. The van der Waals surface area contributed by atoms with Crippen molar-refractivity contribution in [3.05, 3.63) is 212 Å². The second-order valence-corrected chi connectivity index (χ2v) is 13.6. The summed E-state index contributed by atoms with van der Waals surface area (Å²) in [5.74, 6) is 1.73. The number of benzene rings is 8. The summed E-state index contributed by atoms with van der Waals surface area (Å²) in [6, 6.07) is 72.8. The van der Waals surface area contributed by atoms with Crippen molar-refractivity contribution in [1.82, 2.24) is 15.0 Å². The van der Waals surface area contributed by atoms with Crippen LogP contribution in [0.5, 0.6) is 0 Å². The van der Waals surface area contributed by atoms with E-state index in [1.165, 1.54) is 11.1 Å². The monoisotopic (exact) mass is 714 g/mol. The highest BCUT2D eigenvalue weighted by Crippen LogP contribution is 2.40. The van der Waals surface area contributed by atoms with E-state index in [1.54, 1.807) is 0 Å².